The van der Waals surface area contributed by atoms with E-state index in [2.05, 4.69) is 24.5 Å². The molecular formula is C17H30O12. The molecule has 0 aliphatic heterocycles. The summed E-state index contributed by atoms with van der Waals surface area (Å²) >= 11 is 0. The lowest BCUT2D eigenvalue weighted by atomic mass is 9.93. The Balaban J connectivity index is -0.000000151. The topological polar surface area (TPSA) is 222 Å². The van der Waals surface area contributed by atoms with Crippen LogP contribution in [0.3, 0.4) is 0 Å². The van der Waals surface area contributed by atoms with Crippen LogP contribution in [0.1, 0.15) is 0 Å². The Labute approximate surface area is 167 Å². The first-order chi connectivity index (χ1) is 13.5. The fourth-order valence-electron chi connectivity index (χ4n) is 0.590. The highest BCUT2D eigenvalue weighted by Crippen LogP contribution is 2.11. The van der Waals surface area contributed by atoms with Gasteiger partial charge < -0.3 is 45.6 Å². The maximum absolute atomic E-state index is 10.3. The second kappa shape index (κ2) is 23.4. The average molecular weight is 426 g/mol. The molecule has 0 bridgehead atoms. The standard InChI is InChI=1S/C6H10O4.C5H12O4.2C3H4O2/c1-2-6(9)10-4-5(8)3-7;6-1-5(2-7,3-8)4-9;2*1-2-3(4)5/h2,5,7-8H,1,3-4H2;6-9H,1-4H2;2*2H,1H2,(H,4,5). The summed E-state index contributed by atoms with van der Waals surface area (Å²) in [5.41, 5.74) is -1.11. The number of hydrogen-bond acceptors (Lipinski definition) is 10. The maximum atomic E-state index is 10.3. The van der Waals surface area contributed by atoms with Gasteiger partial charge in [0.15, 0.2) is 0 Å². The molecule has 0 aromatic carbocycles. The van der Waals surface area contributed by atoms with Crippen molar-refractivity contribution in [3.63, 3.8) is 0 Å². The van der Waals surface area contributed by atoms with E-state index < -0.39 is 62.5 Å². The molecule has 0 aliphatic carbocycles. The number of aliphatic hydroxyl groups excluding tert-OH is 6. The third kappa shape index (κ3) is 27.7. The molecule has 0 fully saturated rings. The van der Waals surface area contributed by atoms with Crippen molar-refractivity contribution in [1.82, 2.24) is 0 Å². The third-order valence-electron chi connectivity index (χ3n) is 2.49. The average Bonchev–Trinajstić information content (AvgIpc) is 2.74. The summed E-state index contributed by atoms with van der Waals surface area (Å²) in [5, 5.41) is 66.1. The molecule has 0 aromatic heterocycles. The minimum absolute atomic E-state index is 0.193. The van der Waals surface area contributed by atoms with E-state index in [1.807, 2.05) is 0 Å². The van der Waals surface area contributed by atoms with Gasteiger partial charge in [-0.15, -0.1) is 0 Å². The summed E-state index contributed by atoms with van der Waals surface area (Å²) in [6, 6.07) is 0. The van der Waals surface area contributed by atoms with E-state index in [-0.39, 0.29) is 6.61 Å². The van der Waals surface area contributed by atoms with E-state index in [4.69, 9.17) is 40.9 Å². The van der Waals surface area contributed by atoms with E-state index in [0.29, 0.717) is 0 Å². The van der Waals surface area contributed by atoms with Crippen molar-refractivity contribution in [1.29, 1.82) is 0 Å². The molecule has 0 saturated heterocycles. The molecule has 29 heavy (non-hydrogen) atoms. The van der Waals surface area contributed by atoms with Crippen molar-refractivity contribution < 1.29 is 60.0 Å². The Hall–Kier alpha value is -2.61. The molecule has 0 aliphatic rings. The number of aliphatic hydroxyl groups is 6. The maximum Gasteiger partial charge on any atom is 0.330 e. The van der Waals surface area contributed by atoms with Crippen molar-refractivity contribution in [3.8, 4) is 0 Å². The predicted octanol–water partition coefficient (Wildman–Crippen LogP) is -2.48. The monoisotopic (exact) mass is 426 g/mol. The van der Waals surface area contributed by atoms with Crippen LogP contribution in [0.25, 0.3) is 0 Å². The van der Waals surface area contributed by atoms with Gasteiger partial charge in [0, 0.05) is 18.2 Å². The number of ether oxygens (including phenoxy) is 1. The molecule has 0 spiro atoms. The van der Waals surface area contributed by atoms with Gasteiger partial charge in [0.05, 0.1) is 38.4 Å². The van der Waals surface area contributed by atoms with Gasteiger partial charge in [-0.3, -0.25) is 0 Å². The first-order valence-corrected chi connectivity index (χ1v) is 7.71. The van der Waals surface area contributed by atoms with Gasteiger partial charge in [-0.05, 0) is 0 Å². The molecular weight excluding hydrogens is 396 g/mol. The predicted molar refractivity (Wildman–Crippen MR) is 101 cm³/mol. The van der Waals surface area contributed by atoms with E-state index in [9.17, 15) is 14.4 Å². The normalized spacial score (nSPS) is 10.1. The van der Waals surface area contributed by atoms with Crippen molar-refractivity contribution in [2.45, 2.75) is 6.10 Å². The van der Waals surface area contributed by atoms with Gasteiger partial charge in [-0.2, -0.15) is 0 Å². The number of esters is 1. The molecule has 170 valence electrons. The largest absolute Gasteiger partial charge is 0.478 e. The summed E-state index contributed by atoms with van der Waals surface area (Å²) in [6.45, 7) is 6.84. The molecule has 0 radical (unpaired) electrons. The molecule has 0 aromatic rings. The number of carboxylic acids is 2. The molecule has 8 N–H and O–H groups in total. The molecule has 1 unspecified atom stereocenters. The van der Waals surface area contributed by atoms with Crippen LogP contribution in [0.4, 0.5) is 0 Å². The van der Waals surface area contributed by atoms with Crippen LogP contribution < -0.4 is 0 Å². The summed E-state index contributed by atoms with van der Waals surface area (Å²) in [6.07, 6.45) is 1.66. The van der Waals surface area contributed by atoms with Crippen LogP contribution in [0.15, 0.2) is 38.0 Å². The second-order valence-electron chi connectivity index (χ2n) is 4.89. The lowest BCUT2D eigenvalue weighted by molar-refractivity contribution is -0.141. The Morgan fingerprint density at radius 2 is 1.10 bits per heavy atom. The van der Waals surface area contributed by atoms with E-state index in [1.165, 1.54) is 0 Å². The van der Waals surface area contributed by atoms with Gasteiger partial charge in [-0.1, -0.05) is 19.7 Å². The Kier molecular flexibility index (Phi) is 27.4. The molecule has 12 nitrogen and oxygen atoms in total. The highest BCUT2D eigenvalue weighted by Gasteiger charge is 2.26. The van der Waals surface area contributed by atoms with Crippen molar-refractivity contribution in [3.05, 3.63) is 38.0 Å². The zero-order chi connectivity index (χ0) is 23.9. The van der Waals surface area contributed by atoms with Crippen molar-refractivity contribution in [2.75, 3.05) is 39.6 Å². The van der Waals surface area contributed by atoms with Gasteiger partial charge in [0.25, 0.3) is 0 Å². The zero-order valence-electron chi connectivity index (χ0n) is 15.9. The molecule has 0 saturated carbocycles. The van der Waals surface area contributed by atoms with Crippen LogP contribution in [0, 0.1) is 5.41 Å². The highest BCUT2D eigenvalue weighted by molar-refractivity contribution is 5.81. The lowest BCUT2D eigenvalue weighted by Gasteiger charge is -2.23. The number of hydrogen-bond donors (Lipinski definition) is 8. The molecule has 12 heteroatoms. The molecule has 0 rings (SSSR count). The number of carboxylic acid groups (broad SMARTS) is 2. The Morgan fingerprint density at radius 1 is 0.793 bits per heavy atom. The fraction of sp³-hybridized carbons (Fsp3) is 0.471. The minimum Gasteiger partial charge on any atom is -0.478 e. The Morgan fingerprint density at radius 3 is 1.24 bits per heavy atom. The minimum atomic E-state index is -1.11. The highest BCUT2D eigenvalue weighted by atomic mass is 16.5. The van der Waals surface area contributed by atoms with Gasteiger partial charge >= 0.3 is 17.9 Å². The SMILES string of the molecule is C=CC(=O)O.C=CC(=O)O.C=CC(=O)OCC(O)CO.OCC(CO)(CO)CO. The second-order valence-corrected chi connectivity index (χ2v) is 4.89. The van der Waals surface area contributed by atoms with Crippen LogP contribution in [0.5, 0.6) is 0 Å². The van der Waals surface area contributed by atoms with Crippen LogP contribution in [-0.2, 0) is 19.1 Å². The van der Waals surface area contributed by atoms with Crippen molar-refractivity contribution in [2.24, 2.45) is 5.41 Å². The lowest BCUT2D eigenvalue weighted by Crippen LogP contribution is -2.37. The smallest absolute Gasteiger partial charge is 0.330 e. The Bertz CT molecular complexity index is 436. The molecule has 0 amide bonds. The quantitative estimate of drug-likeness (QED) is 0.134. The first kappa shape index (κ1) is 33.9. The van der Waals surface area contributed by atoms with Crippen LogP contribution in [-0.4, -0.2) is 105 Å². The summed E-state index contributed by atoms with van der Waals surface area (Å²) in [7, 11) is 0. The summed E-state index contributed by atoms with van der Waals surface area (Å²) in [5.74, 6) is -2.57. The number of carbonyl (C=O) groups excluding carboxylic acids is 1. The molecule has 0 heterocycles. The van der Waals surface area contributed by atoms with Crippen LogP contribution in [0.2, 0.25) is 0 Å². The van der Waals surface area contributed by atoms with E-state index in [1.54, 1.807) is 0 Å². The molecule has 1 atom stereocenters. The third-order valence-corrected chi connectivity index (χ3v) is 2.49. The number of carbonyl (C=O) groups is 3. The van der Waals surface area contributed by atoms with Gasteiger partial charge in [0.2, 0.25) is 0 Å². The van der Waals surface area contributed by atoms with Crippen molar-refractivity contribution >= 4 is 17.9 Å². The zero-order valence-corrected chi connectivity index (χ0v) is 15.9. The van der Waals surface area contributed by atoms with Crippen LogP contribution >= 0.6 is 0 Å². The number of aliphatic carboxylic acids is 2. The van der Waals surface area contributed by atoms with Gasteiger partial charge in [-0.25, -0.2) is 14.4 Å². The summed E-state index contributed by atoms with van der Waals surface area (Å²) < 4.78 is 4.38. The van der Waals surface area contributed by atoms with E-state index >= 15 is 0 Å². The fourth-order valence-corrected chi connectivity index (χ4v) is 0.590. The summed E-state index contributed by atoms with van der Waals surface area (Å²) in [4.78, 5) is 28.8. The first-order valence-electron chi connectivity index (χ1n) is 7.71. The number of rotatable bonds is 10. The van der Waals surface area contributed by atoms with Gasteiger partial charge in [0.1, 0.15) is 12.7 Å². The van der Waals surface area contributed by atoms with E-state index in [0.717, 1.165) is 18.2 Å².